The fourth-order valence-corrected chi connectivity index (χ4v) is 2.99. The van der Waals surface area contributed by atoms with Crippen molar-refractivity contribution in [3.8, 4) is 0 Å². The summed E-state index contributed by atoms with van der Waals surface area (Å²) in [6, 6.07) is 3.63. The number of hydrogen-bond donors (Lipinski definition) is 1. The van der Waals surface area contributed by atoms with E-state index < -0.39 is 11.7 Å². The van der Waals surface area contributed by atoms with Crippen LogP contribution in [0.4, 0.5) is 11.4 Å². The quantitative estimate of drug-likeness (QED) is 0.848. The smallest absolute Gasteiger partial charge is 0.296 e. The molecule has 1 N–H and O–H groups in total. The van der Waals surface area contributed by atoms with Crippen LogP contribution in [-0.4, -0.2) is 49.8 Å². The minimum absolute atomic E-state index is 0.258. The molecule has 0 saturated carbocycles. The number of rotatable bonds is 5. The maximum absolute atomic E-state index is 11.7. The summed E-state index contributed by atoms with van der Waals surface area (Å²) in [6.45, 7) is 5.85. The first-order valence-electron chi connectivity index (χ1n) is 6.95. The van der Waals surface area contributed by atoms with Gasteiger partial charge in [-0.25, -0.2) is 0 Å². The van der Waals surface area contributed by atoms with E-state index in [1.807, 2.05) is 14.1 Å². The van der Waals surface area contributed by atoms with Crippen molar-refractivity contribution in [1.29, 1.82) is 0 Å². The number of anilines is 2. The first-order chi connectivity index (χ1) is 9.85. The van der Waals surface area contributed by atoms with Crippen molar-refractivity contribution in [1.82, 2.24) is 4.90 Å². The highest BCUT2D eigenvalue weighted by Gasteiger charge is 2.30. The SMILES string of the molecule is CCN(c1cc2c(cc1Cl)C(=O)C(=O)N2)C(C)CN(C)C. The molecule has 5 nitrogen and oxygen atoms in total. The van der Waals surface area contributed by atoms with Crippen molar-refractivity contribution in [3.05, 3.63) is 22.7 Å². The van der Waals surface area contributed by atoms with Gasteiger partial charge in [0.2, 0.25) is 0 Å². The molecule has 0 fully saturated rings. The molecule has 21 heavy (non-hydrogen) atoms. The molecular formula is C15H20ClN3O2. The number of likely N-dealkylation sites (N-methyl/N-ethyl adjacent to an activating group) is 2. The average Bonchev–Trinajstić information content (AvgIpc) is 2.66. The fourth-order valence-electron chi connectivity index (χ4n) is 2.72. The first kappa shape index (κ1) is 15.8. The maximum atomic E-state index is 11.7. The number of ketones is 1. The molecule has 0 saturated heterocycles. The zero-order valence-electron chi connectivity index (χ0n) is 12.7. The summed E-state index contributed by atoms with van der Waals surface area (Å²) < 4.78 is 0. The van der Waals surface area contributed by atoms with Gasteiger partial charge in [0.05, 0.1) is 22.0 Å². The van der Waals surface area contributed by atoms with Crippen molar-refractivity contribution >= 4 is 34.7 Å². The van der Waals surface area contributed by atoms with Gasteiger partial charge in [0, 0.05) is 19.1 Å². The lowest BCUT2D eigenvalue weighted by atomic mass is 10.1. The summed E-state index contributed by atoms with van der Waals surface area (Å²) in [5.74, 6) is -1.12. The Labute approximate surface area is 129 Å². The van der Waals surface area contributed by atoms with Gasteiger partial charge in [0.25, 0.3) is 11.7 Å². The Morgan fingerprint density at radius 1 is 1.29 bits per heavy atom. The lowest BCUT2D eigenvalue weighted by Crippen LogP contribution is -2.40. The molecule has 1 aromatic carbocycles. The molecule has 1 heterocycles. The van der Waals surface area contributed by atoms with E-state index in [1.54, 1.807) is 12.1 Å². The minimum Gasteiger partial charge on any atom is -0.367 e. The number of halogens is 1. The topological polar surface area (TPSA) is 52.7 Å². The van der Waals surface area contributed by atoms with Crippen LogP contribution in [0.2, 0.25) is 5.02 Å². The van der Waals surface area contributed by atoms with E-state index in [0.29, 0.717) is 16.3 Å². The molecule has 0 radical (unpaired) electrons. The lowest BCUT2D eigenvalue weighted by Gasteiger charge is -2.33. The monoisotopic (exact) mass is 309 g/mol. The molecule has 114 valence electrons. The van der Waals surface area contributed by atoms with Crippen LogP contribution in [0.15, 0.2) is 12.1 Å². The Morgan fingerprint density at radius 3 is 2.52 bits per heavy atom. The fraction of sp³-hybridized carbons (Fsp3) is 0.467. The van der Waals surface area contributed by atoms with Gasteiger partial charge in [0.15, 0.2) is 0 Å². The van der Waals surface area contributed by atoms with E-state index in [4.69, 9.17) is 11.6 Å². The average molecular weight is 310 g/mol. The number of carbonyl (C=O) groups is 2. The molecule has 0 aliphatic carbocycles. The predicted molar refractivity (Wildman–Crippen MR) is 85.4 cm³/mol. The van der Waals surface area contributed by atoms with Crippen LogP contribution in [0.5, 0.6) is 0 Å². The Hall–Kier alpha value is -1.59. The molecular weight excluding hydrogens is 290 g/mol. The zero-order valence-corrected chi connectivity index (χ0v) is 13.5. The predicted octanol–water partition coefficient (Wildman–Crippen LogP) is 2.25. The third-order valence-corrected chi connectivity index (χ3v) is 3.90. The van der Waals surface area contributed by atoms with Gasteiger partial charge >= 0.3 is 0 Å². The second kappa shape index (κ2) is 6.03. The van der Waals surface area contributed by atoms with E-state index >= 15 is 0 Å². The number of fused-ring (bicyclic) bond motifs is 1. The minimum atomic E-state index is -0.595. The maximum Gasteiger partial charge on any atom is 0.296 e. The number of benzene rings is 1. The van der Waals surface area contributed by atoms with E-state index in [0.717, 1.165) is 18.8 Å². The van der Waals surface area contributed by atoms with Gasteiger partial charge in [0.1, 0.15) is 0 Å². The van der Waals surface area contributed by atoms with Crippen molar-refractivity contribution < 1.29 is 9.59 Å². The van der Waals surface area contributed by atoms with Crippen LogP contribution in [0, 0.1) is 0 Å². The standard InChI is InChI=1S/C15H20ClN3O2/c1-5-19(9(2)8-18(3)4)13-7-12-10(6-11(13)16)14(20)15(21)17-12/h6-7,9H,5,8H2,1-4H3,(H,17,20,21). The highest BCUT2D eigenvalue weighted by atomic mass is 35.5. The number of nitrogens with zero attached hydrogens (tertiary/aromatic N) is 2. The van der Waals surface area contributed by atoms with Gasteiger partial charge in [-0.3, -0.25) is 9.59 Å². The van der Waals surface area contributed by atoms with Crippen LogP contribution in [-0.2, 0) is 4.79 Å². The number of carbonyl (C=O) groups excluding carboxylic acids is 2. The van der Waals surface area contributed by atoms with Crippen molar-refractivity contribution in [2.24, 2.45) is 0 Å². The molecule has 1 atom stereocenters. The Bertz CT molecular complexity index is 587. The molecule has 0 aromatic heterocycles. The molecule has 1 aromatic rings. The normalized spacial score (nSPS) is 15.1. The molecule has 1 amide bonds. The van der Waals surface area contributed by atoms with Crippen LogP contribution in [0.3, 0.4) is 0 Å². The van der Waals surface area contributed by atoms with Crippen LogP contribution in [0.25, 0.3) is 0 Å². The van der Waals surface area contributed by atoms with Crippen LogP contribution < -0.4 is 10.2 Å². The highest BCUT2D eigenvalue weighted by Crippen LogP contribution is 2.35. The van der Waals surface area contributed by atoms with E-state index in [9.17, 15) is 9.59 Å². The number of hydrogen-bond acceptors (Lipinski definition) is 4. The largest absolute Gasteiger partial charge is 0.367 e. The lowest BCUT2D eigenvalue weighted by molar-refractivity contribution is -0.112. The second-order valence-corrected chi connectivity index (χ2v) is 5.94. The summed E-state index contributed by atoms with van der Waals surface area (Å²) in [4.78, 5) is 27.4. The summed E-state index contributed by atoms with van der Waals surface area (Å²) in [5.41, 5.74) is 1.73. The Kier molecular flexibility index (Phi) is 4.54. The molecule has 1 unspecified atom stereocenters. The van der Waals surface area contributed by atoms with Crippen LogP contribution >= 0.6 is 11.6 Å². The number of nitrogens with one attached hydrogen (secondary N) is 1. The second-order valence-electron chi connectivity index (χ2n) is 5.53. The Balaban J connectivity index is 2.38. The van der Waals surface area contributed by atoms with Crippen molar-refractivity contribution in [2.75, 3.05) is 37.4 Å². The highest BCUT2D eigenvalue weighted by molar-refractivity contribution is 6.52. The third-order valence-electron chi connectivity index (χ3n) is 3.60. The van der Waals surface area contributed by atoms with Gasteiger partial charge < -0.3 is 15.1 Å². The zero-order chi connectivity index (χ0) is 15.7. The Morgan fingerprint density at radius 2 is 1.95 bits per heavy atom. The summed E-state index contributed by atoms with van der Waals surface area (Å²) >= 11 is 6.33. The van der Waals surface area contributed by atoms with Crippen molar-refractivity contribution in [2.45, 2.75) is 19.9 Å². The van der Waals surface area contributed by atoms with Gasteiger partial charge in [-0.05, 0) is 40.1 Å². The van der Waals surface area contributed by atoms with Gasteiger partial charge in [-0.15, -0.1) is 0 Å². The molecule has 1 aliphatic heterocycles. The van der Waals surface area contributed by atoms with Crippen molar-refractivity contribution in [3.63, 3.8) is 0 Å². The van der Waals surface area contributed by atoms with E-state index in [1.165, 1.54) is 0 Å². The molecule has 1 aliphatic rings. The molecule has 0 spiro atoms. The van der Waals surface area contributed by atoms with Gasteiger partial charge in [-0.2, -0.15) is 0 Å². The summed E-state index contributed by atoms with van der Waals surface area (Å²) in [6.07, 6.45) is 0. The molecule has 6 heteroatoms. The summed E-state index contributed by atoms with van der Waals surface area (Å²) in [7, 11) is 4.04. The van der Waals surface area contributed by atoms with E-state index in [2.05, 4.69) is 29.0 Å². The van der Waals surface area contributed by atoms with E-state index in [-0.39, 0.29) is 6.04 Å². The molecule has 2 rings (SSSR count). The number of amides is 1. The van der Waals surface area contributed by atoms with Gasteiger partial charge in [-0.1, -0.05) is 11.6 Å². The summed E-state index contributed by atoms with van der Waals surface area (Å²) in [5, 5.41) is 3.08. The number of Topliss-reactive ketones (excluding diaryl/α,β-unsaturated/α-hetero) is 1. The third kappa shape index (κ3) is 3.04. The first-order valence-corrected chi connectivity index (χ1v) is 7.33. The van der Waals surface area contributed by atoms with Crippen LogP contribution in [0.1, 0.15) is 24.2 Å². The molecule has 0 bridgehead atoms.